The largest absolute Gasteiger partial charge is 0.313 e. The lowest BCUT2D eigenvalue weighted by Crippen LogP contribution is -2.17. The van der Waals surface area contributed by atoms with Crippen molar-refractivity contribution in [1.29, 1.82) is 10.5 Å². The van der Waals surface area contributed by atoms with Gasteiger partial charge in [0.15, 0.2) is 0 Å². The average molecular weight is 332 g/mol. The first-order chi connectivity index (χ1) is 12.3. The molecule has 0 spiro atoms. The summed E-state index contributed by atoms with van der Waals surface area (Å²) in [6, 6.07) is 19.8. The Morgan fingerprint density at radius 2 is 1.16 bits per heavy atom. The molecule has 128 valence electrons. The summed E-state index contributed by atoms with van der Waals surface area (Å²) in [7, 11) is 0. The highest BCUT2D eigenvalue weighted by Crippen LogP contribution is 2.05. The van der Waals surface area contributed by atoms with E-state index < -0.39 is 0 Å². The molecule has 25 heavy (non-hydrogen) atoms. The molecule has 0 radical (unpaired) electrons. The smallest absolute Gasteiger partial charge is 0.0991 e. The lowest BCUT2D eigenvalue weighted by Gasteiger charge is -2.07. The second-order valence-electron chi connectivity index (χ2n) is 6.04. The van der Waals surface area contributed by atoms with Crippen LogP contribution in [0.2, 0.25) is 0 Å². The quantitative estimate of drug-likeness (QED) is 0.653. The monoisotopic (exact) mass is 332 g/mol. The molecule has 0 saturated carbocycles. The lowest BCUT2D eigenvalue weighted by molar-refractivity contribution is 0.571. The fourth-order valence-corrected chi connectivity index (χ4v) is 2.64. The normalized spacial score (nSPS) is 10.2. The molecule has 4 heteroatoms. The number of unbranched alkanes of at least 4 members (excludes halogenated alkanes) is 2. The first kappa shape index (κ1) is 18.7. The van der Waals surface area contributed by atoms with E-state index in [0.717, 1.165) is 50.1 Å². The summed E-state index contributed by atoms with van der Waals surface area (Å²) >= 11 is 0. The number of nitriles is 2. The fraction of sp³-hybridized carbons (Fsp3) is 0.333. The van der Waals surface area contributed by atoms with Gasteiger partial charge in [0.25, 0.3) is 0 Å². The Morgan fingerprint density at radius 3 is 1.60 bits per heavy atom. The van der Waals surface area contributed by atoms with Crippen LogP contribution in [-0.4, -0.2) is 13.1 Å². The molecule has 0 saturated heterocycles. The Hall–Kier alpha value is -2.66. The summed E-state index contributed by atoms with van der Waals surface area (Å²) in [5.41, 5.74) is 3.73. The Labute approximate surface area is 150 Å². The van der Waals surface area contributed by atoms with Crippen molar-refractivity contribution in [2.45, 2.75) is 32.4 Å². The maximum atomic E-state index is 8.88. The van der Waals surface area contributed by atoms with Gasteiger partial charge in [0.2, 0.25) is 0 Å². The molecule has 0 unspecified atom stereocenters. The predicted octanol–water partition coefficient (Wildman–Crippen LogP) is 3.48. The van der Waals surface area contributed by atoms with Crippen molar-refractivity contribution in [3.8, 4) is 12.1 Å². The standard InChI is InChI=1S/C21H24N4/c22-14-18-6-4-8-20(12-18)16-24-10-2-1-3-11-25-17-21-9-5-7-19(13-21)15-23/h4-9,12-13,24-25H,1-3,10-11,16-17H2. The summed E-state index contributed by atoms with van der Waals surface area (Å²) in [5, 5.41) is 24.6. The van der Waals surface area contributed by atoms with E-state index in [9.17, 15) is 0 Å². The average Bonchev–Trinajstić information content (AvgIpc) is 2.67. The molecule has 0 aliphatic carbocycles. The van der Waals surface area contributed by atoms with E-state index in [1.807, 2.05) is 48.5 Å². The summed E-state index contributed by atoms with van der Waals surface area (Å²) in [6.07, 6.45) is 3.46. The van der Waals surface area contributed by atoms with Crippen molar-refractivity contribution >= 4 is 0 Å². The minimum absolute atomic E-state index is 0.714. The number of benzene rings is 2. The van der Waals surface area contributed by atoms with Crippen LogP contribution in [0.25, 0.3) is 0 Å². The molecular formula is C21H24N4. The van der Waals surface area contributed by atoms with Crippen molar-refractivity contribution in [1.82, 2.24) is 10.6 Å². The van der Waals surface area contributed by atoms with Crippen LogP contribution in [0.3, 0.4) is 0 Å². The van der Waals surface area contributed by atoms with Crippen LogP contribution in [0.15, 0.2) is 48.5 Å². The number of hydrogen-bond donors (Lipinski definition) is 2. The second-order valence-corrected chi connectivity index (χ2v) is 6.04. The number of rotatable bonds is 10. The van der Waals surface area contributed by atoms with Crippen molar-refractivity contribution < 1.29 is 0 Å². The number of nitrogens with zero attached hydrogens (tertiary/aromatic N) is 2. The molecule has 0 heterocycles. The molecule has 2 rings (SSSR count). The summed E-state index contributed by atoms with van der Waals surface area (Å²) in [4.78, 5) is 0. The highest BCUT2D eigenvalue weighted by molar-refractivity contribution is 5.33. The molecule has 0 atom stereocenters. The third-order valence-corrected chi connectivity index (χ3v) is 3.98. The minimum atomic E-state index is 0.714. The maximum Gasteiger partial charge on any atom is 0.0991 e. The summed E-state index contributed by atoms with van der Waals surface area (Å²) in [6.45, 7) is 3.59. The van der Waals surface area contributed by atoms with Crippen LogP contribution in [0.1, 0.15) is 41.5 Å². The number of nitrogens with one attached hydrogen (secondary N) is 2. The van der Waals surface area contributed by atoms with E-state index in [1.165, 1.54) is 6.42 Å². The Kier molecular flexibility index (Phi) is 8.21. The van der Waals surface area contributed by atoms with Crippen molar-refractivity contribution in [3.63, 3.8) is 0 Å². The first-order valence-corrected chi connectivity index (χ1v) is 8.71. The van der Waals surface area contributed by atoms with E-state index >= 15 is 0 Å². The van der Waals surface area contributed by atoms with Crippen LogP contribution in [-0.2, 0) is 13.1 Å². The SMILES string of the molecule is N#Cc1cccc(CNCCCCCNCc2cccc(C#N)c2)c1. The van der Waals surface area contributed by atoms with Gasteiger partial charge in [-0.15, -0.1) is 0 Å². The van der Waals surface area contributed by atoms with Crippen LogP contribution in [0.5, 0.6) is 0 Å². The van der Waals surface area contributed by atoms with E-state index in [0.29, 0.717) is 11.1 Å². The zero-order valence-electron chi connectivity index (χ0n) is 14.5. The van der Waals surface area contributed by atoms with Crippen molar-refractivity contribution in [2.75, 3.05) is 13.1 Å². The molecule has 4 nitrogen and oxygen atoms in total. The van der Waals surface area contributed by atoms with Gasteiger partial charge in [-0.1, -0.05) is 30.7 Å². The third kappa shape index (κ3) is 7.18. The zero-order valence-corrected chi connectivity index (χ0v) is 14.5. The topological polar surface area (TPSA) is 71.6 Å². The van der Waals surface area contributed by atoms with E-state index in [4.69, 9.17) is 10.5 Å². The molecule has 2 aromatic rings. The molecular weight excluding hydrogens is 308 g/mol. The van der Waals surface area contributed by atoms with Gasteiger partial charge in [0, 0.05) is 13.1 Å². The molecule has 0 fully saturated rings. The van der Waals surface area contributed by atoms with Crippen molar-refractivity contribution in [3.05, 3.63) is 70.8 Å². The molecule has 0 amide bonds. The third-order valence-electron chi connectivity index (χ3n) is 3.98. The Morgan fingerprint density at radius 1 is 0.680 bits per heavy atom. The van der Waals surface area contributed by atoms with Crippen LogP contribution in [0, 0.1) is 22.7 Å². The molecule has 0 aliphatic rings. The second kappa shape index (κ2) is 11.0. The van der Waals surface area contributed by atoms with Crippen molar-refractivity contribution in [2.24, 2.45) is 0 Å². The molecule has 2 aromatic carbocycles. The van der Waals surface area contributed by atoms with Crippen LogP contribution >= 0.6 is 0 Å². The minimum Gasteiger partial charge on any atom is -0.313 e. The lowest BCUT2D eigenvalue weighted by atomic mass is 10.1. The first-order valence-electron chi connectivity index (χ1n) is 8.71. The van der Waals surface area contributed by atoms with Gasteiger partial charge in [-0.3, -0.25) is 0 Å². The van der Waals surface area contributed by atoms with Gasteiger partial charge < -0.3 is 10.6 Å². The number of hydrogen-bond acceptors (Lipinski definition) is 4. The highest BCUT2D eigenvalue weighted by atomic mass is 14.9. The molecule has 0 aliphatic heterocycles. The van der Waals surface area contributed by atoms with Gasteiger partial charge in [0.05, 0.1) is 23.3 Å². The maximum absolute atomic E-state index is 8.88. The van der Waals surface area contributed by atoms with Gasteiger partial charge in [-0.05, 0) is 61.3 Å². The van der Waals surface area contributed by atoms with Crippen LogP contribution in [0.4, 0.5) is 0 Å². The van der Waals surface area contributed by atoms with Gasteiger partial charge in [-0.25, -0.2) is 0 Å². The van der Waals surface area contributed by atoms with E-state index in [2.05, 4.69) is 22.8 Å². The summed E-state index contributed by atoms with van der Waals surface area (Å²) in [5.74, 6) is 0. The zero-order chi connectivity index (χ0) is 17.7. The Bertz CT molecular complexity index is 677. The van der Waals surface area contributed by atoms with Gasteiger partial charge in [-0.2, -0.15) is 10.5 Å². The van der Waals surface area contributed by atoms with Gasteiger partial charge >= 0.3 is 0 Å². The highest BCUT2D eigenvalue weighted by Gasteiger charge is 1.97. The summed E-state index contributed by atoms with van der Waals surface area (Å²) < 4.78 is 0. The van der Waals surface area contributed by atoms with E-state index in [1.54, 1.807) is 0 Å². The molecule has 0 aromatic heterocycles. The Balaban J connectivity index is 1.49. The fourth-order valence-electron chi connectivity index (χ4n) is 2.64. The molecule has 0 bridgehead atoms. The molecule has 2 N–H and O–H groups in total. The van der Waals surface area contributed by atoms with Gasteiger partial charge in [0.1, 0.15) is 0 Å². The predicted molar refractivity (Wildman–Crippen MR) is 99.6 cm³/mol. The van der Waals surface area contributed by atoms with E-state index in [-0.39, 0.29) is 0 Å². The van der Waals surface area contributed by atoms with Crippen LogP contribution < -0.4 is 10.6 Å².